The Hall–Kier alpha value is -4.47. The second kappa shape index (κ2) is 11.6. The Morgan fingerprint density at radius 2 is 1.69 bits per heavy atom. The molecule has 0 amide bonds. The number of carbonyl (C=O) groups is 3. The standard InChI is InChI=1S/C25H23NO9/c1-33-22-10-8-18-12-20(7-6-19(18)13-22)23(24(28)29)11-9-21(27)15-34-25(30)17-4-2-16(3-5-17)14-35-26(31)32/h2-8,10,12-13,23H,9,11,14-15H2,1H3,(H,28,29)/t23-/m0/s1. The lowest BCUT2D eigenvalue weighted by Crippen LogP contribution is -2.17. The summed E-state index contributed by atoms with van der Waals surface area (Å²) in [5.41, 5.74) is 1.22. The van der Waals surface area contributed by atoms with Gasteiger partial charge in [0.1, 0.15) is 19.0 Å². The van der Waals surface area contributed by atoms with Crippen molar-refractivity contribution >= 4 is 28.5 Å². The van der Waals surface area contributed by atoms with Crippen LogP contribution < -0.4 is 4.74 Å². The molecule has 0 spiro atoms. The molecule has 0 aliphatic heterocycles. The van der Waals surface area contributed by atoms with Gasteiger partial charge in [0, 0.05) is 6.42 Å². The van der Waals surface area contributed by atoms with E-state index in [4.69, 9.17) is 9.47 Å². The number of ketones is 1. The number of esters is 1. The highest BCUT2D eigenvalue weighted by atomic mass is 16.9. The number of rotatable bonds is 12. The van der Waals surface area contributed by atoms with E-state index in [1.54, 1.807) is 25.3 Å². The molecule has 3 rings (SSSR count). The number of carboxylic acids is 1. The summed E-state index contributed by atoms with van der Waals surface area (Å²) in [7, 11) is 1.57. The van der Waals surface area contributed by atoms with E-state index >= 15 is 0 Å². The van der Waals surface area contributed by atoms with Crippen molar-refractivity contribution in [2.24, 2.45) is 0 Å². The van der Waals surface area contributed by atoms with E-state index in [0.717, 1.165) is 10.8 Å². The van der Waals surface area contributed by atoms with Gasteiger partial charge in [-0.3, -0.25) is 9.59 Å². The molecule has 0 fully saturated rings. The predicted octanol–water partition coefficient (Wildman–Crippen LogP) is 3.93. The minimum atomic E-state index is -1.05. The molecule has 0 saturated heterocycles. The van der Waals surface area contributed by atoms with Crippen LogP contribution in [0.15, 0.2) is 60.7 Å². The highest BCUT2D eigenvalue weighted by Crippen LogP contribution is 2.28. The fourth-order valence-corrected chi connectivity index (χ4v) is 3.49. The Balaban J connectivity index is 1.54. The smallest absolute Gasteiger partial charge is 0.338 e. The molecule has 0 bridgehead atoms. The van der Waals surface area contributed by atoms with Gasteiger partial charge in [-0.2, -0.15) is 0 Å². The normalized spacial score (nSPS) is 11.5. The van der Waals surface area contributed by atoms with Gasteiger partial charge in [0.25, 0.3) is 5.09 Å². The minimum Gasteiger partial charge on any atom is -0.497 e. The van der Waals surface area contributed by atoms with Crippen LogP contribution in [0.25, 0.3) is 10.8 Å². The minimum absolute atomic E-state index is 0.0541. The Morgan fingerprint density at radius 1 is 1.00 bits per heavy atom. The molecule has 1 atom stereocenters. The number of fused-ring (bicyclic) bond motifs is 1. The van der Waals surface area contributed by atoms with Gasteiger partial charge in [-0.25, -0.2) is 4.79 Å². The number of carbonyl (C=O) groups excluding carboxylic acids is 2. The summed E-state index contributed by atoms with van der Waals surface area (Å²) >= 11 is 0. The van der Waals surface area contributed by atoms with Crippen LogP contribution in [0.2, 0.25) is 0 Å². The van der Waals surface area contributed by atoms with Crippen LogP contribution >= 0.6 is 0 Å². The first-order valence-corrected chi connectivity index (χ1v) is 10.6. The number of hydrogen-bond acceptors (Lipinski definition) is 8. The van der Waals surface area contributed by atoms with Crippen LogP contribution in [-0.4, -0.2) is 41.6 Å². The zero-order valence-electron chi connectivity index (χ0n) is 18.8. The first-order valence-electron chi connectivity index (χ1n) is 10.6. The van der Waals surface area contributed by atoms with E-state index < -0.39 is 35.3 Å². The first kappa shape index (κ1) is 25.2. The molecule has 0 saturated carbocycles. The fraction of sp³-hybridized carbons (Fsp3) is 0.240. The second-order valence-electron chi connectivity index (χ2n) is 7.71. The van der Waals surface area contributed by atoms with Crippen LogP contribution in [0.1, 0.15) is 40.2 Å². The number of nitrogens with zero attached hydrogens (tertiary/aromatic N) is 1. The molecular formula is C25H23NO9. The van der Waals surface area contributed by atoms with Crippen LogP contribution in [0.4, 0.5) is 0 Å². The zero-order valence-corrected chi connectivity index (χ0v) is 18.8. The van der Waals surface area contributed by atoms with Crippen LogP contribution in [-0.2, 0) is 25.8 Å². The van der Waals surface area contributed by atoms with Crippen molar-refractivity contribution in [3.05, 3.63) is 87.5 Å². The molecule has 10 nitrogen and oxygen atoms in total. The number of aliphatic carboxylic acids is 1. The molecule has 0 heterocycles. The molecule has 1 N–H and O–H groups in total. The average molecular weight is 481 g/mol. The molecular weight excluding hydrogens is 458 g/mol. The van der Waals surface area contributed by atoms with Crippen molar-refractivity contribution in [1.82, 2.24) is 0 Å². The molecule has 0 unspecified atom stereocenters. The van der Waals surface area contributed by atoms with Gasteiger partial charge in [-0.05, 0) is 52.6 Å². The van der Waals surface area contributed by atoms with Crippen molar-refractivity contribution in [3.63, 3.8) is 0 Å². The summed E-state index contributed by atoms with van der Waals surface area (Å²) in [5.74, 6) is -2.40. The third kappa shape index (κ3) is 7.00. The fourth-order valence-electron chi connectivity index (χ4n) is 3.49. The lowest BCUT2D eigenvalue weighted by atomic mass is 9.91. The summed E-state index contributed by atoms with van der Waals surface area (Å²) in [6, 6.07) is 16.5. The molecule has 3 aromatic carbocycles. The van der Waals surface area contributed by atoms with Crippen molar-refractivity contribution in [2.45, 2.75) is 25.4 Å². The topological polar surface area (TPSA) is 142 Å². The summed E-state index contributed by atoms with van der Waals surface area (Å²) in [5, 5.41) is 20.8. The Labute approximate surface area is 200 Å². The highest BCUT2D eigenvalue weighted by Gasteiger charge is 2.22. The van der Waals surface area contributed by atoms with E-state index in [2.05, 4.69) is 4.84 Å². The van der Waals surface area contributed by atoms with E-state index in [-0.39, 0.29) is 25.0 Å². The van der Waals surface area contributed by atoms with Crippen LogP contribution in [0.5, 0.6) is 5.75 Å². The number of hydrogen-bond donors (Lipinski definition) is 1. The molecule has 0 aliphatic rings. The largest absolute Gasteiger partial charge is 0.497 e. The summed E-state index contributed by atoms with van der Waals surface area (Å²) in [6.45, 7) is -0.744. The lowest BCUT2D eigenvalue weighted by Gasteiger charge is -2.14. The maximum Gasteiger partial charge on any atom is 0.338 e. The van der Waals surface area contributed by atoms with Crippen molar-refractivity contribution in [2.75, 3.05) is 13.7 Å². The lowest BCUT2D eigenvalue weighted by molar-refractivity contribution is -0.763. The maximum absolute atomic E-state index is 12.3. The van der Waals surface area contributed by atoms with Gasteiger partial charge < -0.3 is 19.4 Å². The summed E-state index contributed by atoms with van der Waals surface area (Å²) < 4.78 is 10.2. The first-order chi connectivity index (χ1) is 16.8. The average Bonchev–Trinajstić information content (AvgIpc) is 2.85. The third-order valence-electron chi connectivity index (χ3n) is 5.37. The van der Waals surface area contributed by atoms with Gasteiger partial charge in [0.2, 0.25) is 0 Å². The van der Waals surface area contributed by atoms with Crippen molar-refractivity contribution in [1.29, 1.82) is 0 Å². The van der Waals surface area contributed by atoms with Gasteiger partial charge in [-0.15, -0.1) is 10.1 Å². The van der Waals surface area contributed by atoms with Gasteiger partial charge in [0.05, 0.1) is 18.6 Å². The van der Waals surface area contributed by atoms with Crippen molar-refractivity contribution in [3.8, 4) is 5.75 Å². The molecule has 10 heteroatoms. The predicted molar refractivity (Wildman–Crippen MR) is 124 cm³/mol. The third-order valence-corrected chi connectivity index (χ3v) is 5.37. The second-order valence-corrected chi connectivity index (χ2v) is 7.71. The van der Waals surface area contributed by atoms with Crippen LogP contribution in [0, 0.1) is 10.1 Å². The van der Waals surface area contributed by atoms with E-state index in [9.17, 15) is 29.6 Å². The Kier molecular flexibility index (Phi) is 8.33. The quantitative estimate of drug-likeness (QED) is 0.231. The summed E-state index contributed by atoms with van der Waals surface area (Å²) in [6.07, 6.45) is -0.0272. The Morgan fingerprint density at radius 3 is 2.34 bits per heavy atom. The highest BCUT2D eigenvalue weighted by molar-refractivity contribution is 5.92. The number of ether oxygens (including phenoxy) is 2. The van der Waals surface area contributed by atoms with E-state index in [1.165, 1.54) is 24.3 Å². The molecule has 3 aromatic rings. The number of methoxy groups -OCH3 is 1. The molecule has 0 aromatic heterocycles. The molecule has 0 aliphatic carbocycles. The molecule has 182 valence electrons. The molecule has 0 radical (unpaired) electrons. The van der Waals surface area contributed by atoms with Crippen molar-refractivity contribution < 1.29 is 38.9 Å². The van der Waals surface area contributed by atoms with Gasteiger partial charge in [0.15, 0.2) is 5.78 Å². The van der Waals surface area contributed by atoms with E-state index in [1.807, 2.05) is 18.2 Å². The maximum atomic E-state index is 12.3. The molecule has 35 heavy (non-hydrogen) atoms. The SMILES string of the molecule is COc1ccc2cc([C@H](CCC(=O)COC(=O)c3ccc(CO[N+](=O)[O-])cc3)C(=O)O)ccc2c1. The number of benzene rings is 3. The number of carboxylic acid groups (broad SMARTS) is 1. The van der Waals surface area contributed by atoms with Gasteiger partial charge in [-0.1, -0.05) is 36.4 Å². The van der Waals surface area contributed by atoms with E-state index in [0.29, 0.717) is 16.9 Å². The Bertz CT molecular complexity index is 1240. The van der Waals surface area contributed by atoms with Gasteiger partial charge >= 0.3 is 11.9 Å². The number of Topliss-reactive ketones (excluding diaryl/α,β-unsaturated/α-hetero) is 1. The van der Waals surface area contributed by atoms with Crippen LogP contribution in [0.3, 0.4) is 0 Å². The summed E-state index contributed by atoms with van der Waals surface area (Å²) in [4.78, 5) is 50.7. The zero-order chi connectivity index (χ0) is 25.4. The monoisotopic (exact) mass is 481 g/mol.